The van der Waals surface area contributed by atoms with Crippen LogP contribution in [0.1, 0.15) is 31.5 Å². The number of rotatable bonds is 4. The highest BCUT2D eigenvalue weighted by molar-refractivity contribution is 5.82. The number of hydrogen-bond acceptors (Lipinski definition) is 5. The molecular weight excluding hydrogens is 276 g/mol. The van der Waals surface area contributed by atoms with E-state index in [1.807, 2.05) is 6.92 Å². The zero-order valence-electron chi connectivity index (χ0n) is 12.2. The number of carboxylic acids is 1. The Bertz CT molecular complexity index is 516. The van der Waals surface area contributed by atoms with Crippen molar-refractivity contribution in [1.29, 1.82) is 0 Å². The van der Waals surface area contributed by atoms with E-state index < -0.39 is 12.0 Å². The molecule has 116 valence electrons. The van der Waals surface area contributed by atoms with Crippen molar-refractivity contribution in [1.82, 2.24) is 20.4 Å². The minimum atomic E-state index is -0.954. The third-order valence-corrected chi connectivity index (χ3v) is 3.60. The predicted molar refractivity (Wildman–Crippen MR) is 72.7 cm³/mol. The Hall–Kier alpha value is -2.12. The van der Waals surface area contributed by atoms with E-state index in [1.165, 1.54) is 4.90 Å². The van der Waals surface area contributed by atoms with Gasteiger partial charge in [-0.25, -0.2) is 9.59 Å². The van der Waals surface area contributed by atoms with Gasteiger partial charge in [-0.15, -0.1) is 0 Å². The molecule has 2 amide bonds. The number of carbonyl (C=O) groups is 2. The third-order valence-electron chi connectivity index (χ3n) is 3.60. The number of urea groups is 1. The summed E-state index contributed by atoms with van der Waals surface area (Å²) in [5.41, 5.74) is 0. The average molecular weight is 296 g/mol. The van der Waals surface area contributed by atoms with Gasteiger partial charge in [-0.05, 0) is 25.7 Å². The number of amides is 2. The zero-order chi connectivity index (χ0) is 15.4. The number of aryl methyl sites for hydroxylation is 1. The van der Waals surface area contributed by atoms with E-state index in [1.54, 1.807) is 6.92 Å². The van der Waals surface area contributed by atoms with Crippen molar-refractivity contribution in [2.75, 3.05) is 13.1 Å². The van der Waals surface area contributed by atoms with Gasteiger partial charge in [-0.3, -0.25) is 0 Å². The number of hydrogen-bond donors (Lipinski definition) is 2. The highest BCUT2D eigenvalue weighted by Crippen LogP contribution is 2.22. The molecule has 0 radical (unpaired) electrons. The Morgan fingerprint density at radius 2 is 2.29 bits per heavy atom. The molecule has 2 N–H and O–H groups in total. The van der Waals surface area contributed by atoms with Crippen molar-refractivity contribution in [3.05, 3.63) is 11.7 Å². The zero-order valence-corrected chi connectivity index (χ0v) is 12.2. The SMILES string of the molecule is Cc1noc(CCNC(=O)N2CCC(C)CC2C(=O)O)n1. The molecule has 2 unspecified atom stereocenters. The van der Waals surface area contributed by atoms with Gasteiger partial charge in [0.25, 0.3) is 0 Å². The summed E-state index contributed by atoms with van der Waals surface area (Å²) in [6, 6.07) is -1.11. The Morgan fingerprint density at radius 1 is 1.52 bits per heavy atom. The maximum atomic E-state index is 12.1. The van der Waals surface area contributed by atoms with Crippen molar-refractivity contribution in [3.8, 4) is 0 Å². The van der Waals surface area contributed by atoms with Crippen LogP contribution in [0.5, 0.6) is 0 Å². The minimum absolute atomic E-state index is 0.316. The van der Waals surface area contributed by atoms with E-state index in [-0.39, 0.29) is 6.03 Å². The number of nitrogens with one attached hydrogen (secondary N) is 1. The lowest BCUT2D eigenvalue weighted by Gasteiger charge is -2.35. The monoisotopic (exact) mass is 296 g/mol. The molecule has 2 rings (SSSR count). The van der Waals surface area contributed by atoms with Gasteiger partial charge in [0.15, 0.2) is 5.82 Å². The largest absolute Gasteiger partial charge is 0.480 e. The predicted octanol–water partition coefficient (Wildman–Crippen LogP) is 0.815. The van der Waals surface area contributed by atoms with Gasteiger partial charge >= 0.3 is 12.0 Å². The first-order valence-electron chi connectivity index (χ1n) is 7.04. The number of aromatic nitrogens is 2. The van der Waals surface area contributed by atoms with Crippen molar-refractivity contribution in [2.24, 2.45) is 5.92 Å². The molecule has 2 atom stereocenters. The van der Waals surface area contributed by atoms with E-state index in [0.29, 0.717) is 43.6 Å². The second-order valence-corrected chi connectivity index (χ2v) is 5.39. The van der Waals surface area contributed by atoms with E-state index in [9.17, 15) is 14.7 Å². The van der Waals surface area contributed by atoms with Crippen LogP contribution in [0.15, 0.2) is 4.52 Å². The topological polar surface area (TPSA) is 109 Å². The Labute approximate surface area is 122 Å². The molecule has 0 aromatic carbocycles. The molecule has 0 saturated carbocycles. The number of aliphatic carboxylic acids is 1. The van der Waals surface area contributed by atoms with E-state index >= 15 is 0 Å². The molecule has 8 nitrogen and oxygen atoms in total. The normalized spacial score (nSPS) is 22.1. The number of likely N-dealkylation sites (tertiary alicyclic amines) is 1. The number of carboxylic acid groups (broad SMARTS) is 1. The molecule has 1 fully saturated rings. The fourth-order valence-corrected chi connectivity index (χ4v) is 2.44. The van der Waals surface area contributed by atoms with Crippen molar-refractivity contribution in [2.45, 2.75) is 39.2 Å². The lowest BCUT2D eigenvalue weighted by atomic mass is 9.93. The molecule has 1 saturated heterocycles. The first kappa shape index (κ1) is 15.3. The van der Waals surface area contributed by atoms with Gasteiger partial charge in [0.2, 0.25) is 5.89 Å². The summed E-state index contributed by atoms with van der Waals surface area (Å²) in [5.74, 6) is 0.364. The molecule has 8 heteroatoms. The highest BCUT2D eigenvalue weighted by Gasteiger charge is 2.34. The van der Waals surface area contributed by atoms with Crippen LogP contribution < -0.4 is 5.32 Å². The fourth-order valence-electron chi connectivity index (χ4n) is 2.44. The molecule has 1 aromatic heterocycles. The summed E-state index contributed by atoms with van der Waals surface area (Å²) in [6.07, 6.45) is 1.74. The summed E-state index contributed by atoms with van der Waals surface area (Å²) in [4.78, 5) is 28.8. The van der Waals surface area contributed by atoms with Crippen LogP contribution in [0.2, 0.25) is 0 Å². The molecular formula is C13H20N4O4. The van der Waals surface area contributed by atoms with Crippen LogP contribution in [-0.2, 0) is 11.2 Å². The lowest BCUT2D eigenvalue weighted by molar-refractivity contribution is -0.143. The van der Waals surface area contributed by atoms with Crippen LogP contribution in [-0.4, -0.2) is 51.3 Å². The molecule has 0 bridgehead atoms. The smallest absolute Gasteiger partial charge is 0.326 e. The van der Waals surface area contributed by atoms with Gasteiger partial charge in [0.1, 0.15) is 6.04 Å². The third kappa shape index (κ3) is 3.93. The van der Waals surface area contributed by atoms with E-state index in [2.05, 4.69) is 15.5 Å². The van der Waals surface area contributed by atoms with Crippen LogP contribution >= 0.6 is 0 Å². The maximum absolute atomic E-state index is 12.1. The summed E-state index contributed by atoms with van der Waals surface area (Å²) in [6.45, 7) is 4.52. The summed E-state index contributed by atoms with van der Waals surface area (Å²) in [7, 11) is 0. The van der Waals surface area contributed by atoms with Crippen LogP contribution in [0.4, 0.5) is 4.79 Å². The second kappa shape index (κ2) is 6.55. The van der Waals surface area contributed by atoms with Gasteiger partial charge in [-0.2, -0.15) is 4.98 Å². The van der Waals surface area contributed by atoms with E-state index in [0.717, 1.165) is 6.42 Å². The molecule has 0 aliphatic carbocycles. The first-order chi connectivity index (χ1) is 9.97. The van der Waals surface area contributed by atoms with E-state index in [4.69, 9.17) is 4.52 Å². The molecule has 21 heavy (non-hydrogen) atoms. The van der Waals surface area contributed by atoms with Gasteiger partial charge < -0.3 is 19.8 Å². The molecule has 1 aliphatic heterocycles. The highest BCUT2D eigenvalue weighted by atomic mass is 16.5. The van der Waals surface area contributed by atoms with Crippen molar-refractivity contribution in [3.63, 3.8) is 0 Å². The van der Waals surface area contributed by atoms with Crippen LogP contribution in [0.25, 0.3) is 0 Å². The summed E-state index contributed by atoms with van der Waals surface area (Å²) < 4.78 is 4.94. The Kier molecular flexibility index (Phi) is 4.77. The van der Waals surface area contributed by atoms with Gasteiger partial charge in [0.05, 0.1) is 0 Å². The van der Waals surface area contributed by atoms with Gasteiger partial charge in [0, 0.05) is 19.5 Å². The molecule has 0 spiro atoms. The maximum Gasteiger partial charge on any atom is 0.326 e. The minimum Gasteiger partial charge on any atom is -0.480 e. The Balaban J connectivity index is 1.85. The number of piperidine rings is 1. The standard InChI is InChI=1S/C13H20N4O4/c1-8-4-6-17(10(7-8)12(18)19)13(20)14-5-3-11-15-9(2)16-21-11/h8,10H,3-7H2,1-2H3,(H,14,20)(H,18,19). The quantitative estimate of drug-likeness (QED) is 0.851. The van der Waals surface area contributed by atoms with Crippen LogP contribution in [0.3, 0.4) is 0 Å². The van der Waals surface area contributed by atoms with Crippen molar-refractivity contribution < 1.29 is 19.2 Å². The summed E-state index contributed by atoms with van der Waals surface area (Å²) in [5, 5.41) is 15.6. The molecule has 1 aromatic rings. The lowest BCUT2D eigenvalue weighted by Crippen LogP contribution is -2.53. The summed E-state index contributed by atoms with van der Waals surface area (Å²) >= 11 is 0. The number of carbonyl (C=O) groups excluding carboxylic acids is 1. The molecule has 2 heterocycles. The fraction of sp³-hybridized carbons (Fsp3) is 0.692. The van der Waals surface area contributed by atoms with Crippen molar-refractivity contribution >= 4 is 12.0 Å². The first-order valence-corrected chi connectivity index (χ1v) is 7.04. The Morgan fingerprint density at radius 3 is 2.90 bits per heavy atom. The van der Waals surface area contributed by atoms with Crippen LogP contribution in [0, 0.1) is 12.8 Å². The average Bonchev–Trinajstić information content (AvgIpc) is 2.84. The molecule has 1 aliphatic rings. The number of nitrogens with zero attached hydrogens (tertiary/aromatic N) is 3. The second-order valence-electron chi connectivity index (χ2n) is 5.39. The van der Waals surface area contributed by atoms with Gasteiger partial charge in [-0.1, -0.05) is 12.1 Å².